The van der Waals surface area contributed by atoms with Gasteiger partial charge in [0.15, 0.2) is 0 Å². The number of anilines is 1. The monoisotopic (exact) mass is 195 g/mol. The normalized spacial score (nSPS) is 10.6. The molecule has 0 saturated heterocycles. The van der Waals surface area contributed by atoms with Crippen molar-refractivity contribution in [3.05, 3.63) is 42.5 Å². The van der Waals surface area contributed by atoms with Gasteiger partial charge in [0, 0.05) is 25.2 Å². The van der Waals surface area contributed by atoms with Gasteiger partial charge >= 0.3 is 0 Å². The molecule has 0 aliphatic carbocycles. The fourth-order valence-corrected chi connectivity index (χ4v) is 1.21. The summed E-state index contributed by atoms with van der Waals surface area (Å²) >= 11 is 5.53. The lowest BCUT2D eigenvalue weighted by atomic mass is 10.3. The smallest absolute Gasteiger partial charge is 0.0404 e. The van der Waals surface area contributed by atoms with Gasteiger partial charge in [-0.05, 0) is 12.1 Å². The first-order chi connectivity index (χ1) is 6.34. The van der Waals surface area contributed by atoms with Crippen molar-refractivity contribution in [1.82, 2.24) is 0 Å². The SMILES string of the molecule is CN(CC=CCCl)c1ccccc1. The zero-order valence-corrected chi connectivity index (χ0v) is 8.54. The second-order valence-electron chi connectivity index (χ2n) is 2.84. The van der Waals surface area contributed by atoms with Gasteiger partial charge in [-0.15, -0.1) is 11.6 Å². The van der Waals surface area contributed by atoms with E-state index in [0.717, 1.165) is 6.54 Å². The lowest BCUT2D eigenvalue weighted by Gasteiger charge is -2.16. The predicted octanol–water partition coefficient (Wildman–Crippen LogP) is 2.92. The van der Waals surface area contributed by atoms with E-state index < -0.39 is 0 Å². The fraction of sp³-hybridized carbons (Fsp3) is 0.273. The van der Waals surface area contributed by atoms with Crippen molar-refractivity contribution in [3.8, 4) is 0 Å². The van der Waals surface area contributed by atoms with E-state index in [1.54, 1.807) is 0 Å². The molecular weight excluding hydrogens is 182 g/mol. The predicted molar refractivity (Wildman–Crippen MR) is 59.6 cm³/mol. The van der Waals surface area contributed by atoms with Crippen LogP contribution < -0.4 is 4.90 Å². The summed E-state index contributed by atoms with van der Waals surface area (Å²) in [6, 6.07) is 10.3. The van der Waals surface area contributed by atoms with Crippen molar-refractivity contribution in [2.24, 2.45) is 0 Å². The van der Waals surface area contributed by atoms with Crippen molar-refractivity contribution < 1.29 is 0 Å². The van der Waals surface area contributed by atoms with Gasteiger partial charge in [-0.1, -0.05) is 30.4 Å². The summed E-state index contributed by atoms with van der Waals surface area (Å²) in [7, 11) is 2.06. The van der Waals surface area contributed by atoms with Crippen LogP contribution in [0.4, 0.5) is 5.69 Å². The van der Waals surface area contributed by atoms with Crippen molar-refractivity contribution in [2.75, 3.05) is 24.4 Å². The summed E-state index contributed by atoms with van der Waals surface area (Å²) in [5, 5.41) is 0. The van der Waals surface area contributed by atoms with Gasteiger partial charge in [-0.3, -0.25) is 0 Å². The van der Waals surface area contributed by atoms with Crippen LogP contribution in [0.3, 0.4) is 0 Å². The molecule has 13 heavy (non-hydrogen) atoms. The number of para-hydroxylation sites is 1. The second kappa shape index (κ2) is 5.65. The molecule has 1 aromatic carbocycles. The van der Waals surface area contributed by atoms with Gasteiger partial charge < -0.3 is 4.90 Å². The minimum absolute atomic E-state index is 0.586. The summed E-state index contributed by atoms with van der Waals surface area (Å²) in [6.45, 7) is 0.900. The summed E-state index contributed by atoms with van der Waals surface area (Å²) in [5.74, 6) is 0.586. The summed E-state index contributed by atoms with van der Waals surface area (Å²) < 4.78 is 0. The highest BCUT2D eigenvalue weighted by Gasteiger charge is 1.94. The average molecular weight is 196 g/mol. The Hall–Kier alpha value is -0.950. The van der Waals surface area contributed by atoms with E-state index in [1.165, 1.54) is 5.69 Å². The highest BCUT2D eigenvalue weighted by atomic mass is 35.5. The zero-order chi connectivity index (χ0) is 9.52. The number of halogens is 1. The Morgan fingerprint density at radius 1 is 1.23 bits per heavy atom. The molecule has 0 saturated carbocycles. The van der Waals surface area contributed by atoms with Gasteiger partial charge in [-0.25, -0.2) is 0 Å². The second-order valence-corrected chi connectivity index (χ2v) is 3.15. The van der Waals surface area contributed by atoms with Crippen LogP contribution in [0.5, 0.6) is 0 Å². The number of hydrogen-bond donors (Lipinski definition) is 0. The third-order valence-corrected chi connectivity index (χ3v) is 2.01. The third kappa shape index (κ3) is 3.51. The first-order valence-electron chi connectivity index (χ1n) is 4.31. The van der Waals surface area contributed by atoms with Crippen LogP contribution in [-0.4, -0.2) is 19.5 Å². The molecule has 1 aromatic rings. The molecule has 0 heterocycles. The standard InChI is InChI=1S/C11H14ClN/c1-13(10-6-5-9-12)11-7-3-2-4-8-11/h2-8H,9-10H2,1H3. The molecule has 1 nitrogen and oxygen atoms in total. The Labute approximate surface area is 84.6 Å². The van der Waals surface area contributed by atoms with Gasteiger partial charge in [0.05, 0.1) is 0 Å². The van der Waals surface area contributed by atoms with Crippen LogP contribution in [0.2, 0.25) is 0 Å². The lowest BCUT2D eigenvalue weighted by molar-refractivity contribution is 1.03. The molecule has 0 fully saturated rings. The molecule has 0 atom stereocenters. The molecule has 70 valence electrons. The van der Waals surface area contributed by atoms with Crippen molar-refractivity contribution in [3.63, 3.8) is 0 Å². The molecule has 0 unspecified atom stereocenters. The number of allylic oxidation sites excluding steroid dienone is 1. The third-order valence-electron chi connectivity index (χ3n) is 1.83. The summed E-state index contributed by atoms with van der Waals surface area (Å²) in [5.41, 5.74) is 1.22. The quantitative estimate of drug-likeness (QED) is 0.528. The first-order valence-corrected chi connectivity index (χ1v) is 4.85. The van der Waals surface area contributed by atoms with Gasteiger partial charge in [-0.2, -0.15) is 0 Å². The number of rotatable bonds is 4. The van der Waals surface area contributed by atoms with Gasteiger partial charge in [0.1, 0.15) is 0 Å². The highest BCUT2D eigenvalue weighted by molar-refractivity contribution is 6.18. The summed E-state index contributed by atoms with van der Waals surface area (Å²) in [6.07, 6.45) is 4.03. The van der Waals surface area contributed by atoms with Crippen LogP contribution in [0.25, 0.3) is 0 Å². The Balaban J connectivity index is 2.49. The maximum absolute atomic E-state index is 5.53. The molecule has 2 heteroatoms. The molecule has 0 radical (unpaired) electrons. The van der Waals surface area contributed by atoms with Crippen molar-refractivity contribution in [2.45, 2.75) is 0 Å². The molecular formula is C11H14ClN. The molecule has 0 spiro atoms. The topological polar surface area (TPSA) is 3.24 Å². The largest absolute Gasteiger partial charge is 0.371 e. The average Bonchev–Trinajstić information content (AvgIpc) is 2.19. The number of alkyl halides is 1. The van der Waals surface area contributed by atoms with E-state index in [4.69, 9.17) is 11.6 Å². The van der Waals surface area contributed by atoms with Crippen LogP contribution in [0.15, 0.2) is 42.5 Å². The van der Waals surface area contributed by atoms with Gasteiger partial charge in [0.2, 0.25) is 0 Å². The number of likely N-dealkylation sites (N-methyl/N-ethyl adjacent to an activating group) is 1. The number of hydrogen-bond acceptors (Lipinski definition) is 1. The van der Waals surface area contributed by atoms with E-state index in [9.17, 15) is 0 Å². The molecule has 0 aliphatic heterocycles. The van der Waals surface area contributed by atoms with E-state index in [-0.39, 0.29) is 0 Å². The maximum Gasteiger partial charge on any atom is 0.0404 e. The van der Waals surface area contributed by atoms with E-state index in [0.29, 0.717) is 5.88 Å². The van der Waals surface area contributed by atoms with E-state index >= 15 is 0 Å². The molecule has 0 N–H and O–H groups in total. The Bertz CT molecular complexity index is 256. The van der Waals surface area contributed by atoms with E-state index in [1.807, 2.05) is 24.3 Å². The van der Waals surface area contributed by atoms with Crippen molar-refractivity contribution in [1.29, 1.82) is 0 Å². The fourth-order valence-electron chi connectivity index (χ4n) is 1.08. The van der Waals surface area contributed by atoms with Crippen LogP contribution in [0, 0.1) is 0 Å². The maximum atomic E-state index is 5.53. The molecule has 0 aliphatic rings. The lowest BCUT2D eigenvalue weighted by Crippen LogP contribution is -2.16. The minimum atomic E-state index is 0.586. The zero-order valence-electron chi connectivity index (χ0n) is 7.78. The Kier molecular flexibility index (Phi) is 4.41. The first kappa shape index (κ1) is 10.1. The molecule has 1 rings (SSSR count). The molecule has 0 bridgehead atoms. The summed E-state index contributed by atoms with van der Waals surface area (Å²) in [4.78, 5) is 2.17. The van der Waals surface area contributed by atoms with E-state index in [2.05, 4.69) is 30.2 Å². The minimum Gasteiger partial charge on any atom is -0.371 e. The van der Waals surface area contributed by atoms with Gasteiger partial charge in [0.25, 0.3) is 0 Å². The van der Waals surface area contributed by atoms with Crippen LogP contribution in [0.1, 0.15) is 0 Å². The van der Waals surface area contributed by atoms with Crippen LogP contribution in [-0.2, 0) is 0 Å². The number of benzene rings is 1. The van der Waals surface area contributed by atoms with Crippen molar-refractivity contribution >= 4 is 17.3 Å². The Morgan fingerprint density at radius 2 is 1.92 bits per heavy atom. The number of nitrogens with zero attached hydrogens (tertiary/aromatic N) is 1. The molecule has 0 amide bonds. The highest BCUT2D eigenvalue weighted by Crippen LogP contribution is 2.10. The Morgan fingerprint density at radius 3 is 2.54 bits per heavy atom. The van der Waals surface area contributed by atoms with Crippen LogP contribution >= 0.6 is 11.6 Å². The molecule has 0 aromatic heterocycles.